The molecule has 1 unspecified atom stereocenters. The molecule has 1 aromatic carbocycles. The van der Waals surface area contributed by atoms with Crippen molar-refractivity contribution in [3.63, 3.8) is 0 Å². The first-order chi connectivity index (χ1) is 10.3. The number of halogens is 3. The van der Waals surface area contributed by atoms with Crippen LogP contribution in [0.25, 0.3) is 10.9 Å². The number of esters is 1. The zero-order chi connectivity index (χ0) is 16.3. The number of hydrogen-bond acceptors (Lipinski definition) is 4. The molecule has 0 aliphatic heterocycles. The summed E-state index contributed by atoms with van der Waals surface area (Å²) in [5.41, 5.74) is 6.90. The number of rotatable bonds is 5. The Balaban J connectivity index is 2.38. The van der Waals surface area contributed by atoms with E-state index >= 15 is 0 Å². The number of nitrogens with two attached hydrogens (primary N) is 1. The van der Waals surface area contributed by atoms with E-state index in [9.17, 15) is 18.0 Å². The van der Waals surface area contributed by atoms with Crippen LogP contribution in [0.3, 0.4) is 0 Å². The smallest absolute Gasteiger partial charge is 0.449 e. The number of alkyl halides is 3. The standard InChI is InChI=1S/C14H15F3N2O3/c1-21-7-10(18)12(22-13(20)14(15,16)17)9-6-19-11-5-3-2-4-8(9)11/h2-6,10,12,19H,7,18H2,1H3/t10-,12?/m1/s1. The van der Waals surface area contributed by atoms with Crippen molar-refractivity contribution < 1.29 is 27.4 Å². The maximum absolute atomic E-state index is 12.5. The number of methoxy groups -OCH3 is 1. The highest BCUT2D eigenvalue weighted by molar-refractivity contribution is 5.84. The summed E-state index contributed by atoms with van der Waals surface area (Å²) in [6, 6.07) is 6.02. The molecule has 0 radical (unpaired) electrons. The van der Waals surface area contributed by atoms with Gasteiger partial charge in [-0.3, -0.25) is 0 Å². The normalized spacial score (nSPS) is 14.8. The van der Waals surface area contributed by atoms with E-state index in [1.54, 1.807) is 24.3 Å². The van der Waals surface area contributed by atoms with Crippen LogP contribution in [0, 0.1) is 0 Å². The highest BCUT2D eigenvalue weighted by Gasteiger charge is 2.43. The Morgan fingerprint density at radius 1 is 1.36 bits per heavy atom. The van der Waals surface area contributed by atoms with E-state index in [4.69, 9.17) is 10.5 Å². The second-order valence-electron chi connectivity index (χ2n) is 4.73. The van der Waals surface area contributed by atoms with Crippen LogP contribution in [0.5, 0.6) is 0 Å². The molecule has 2 atom stereocenters. The Labute approximate surface area is 124 Å². The summed E-state index contributed by atoms with van der Waals surface area (Å²) in [6.45, 7) is -0.0602. The van der Waals surface area contributed by atoms with E-state index in [0.29, 0.717) is 16.5 Å². The lowest BCUT2D eigenvalue weighted by atomic mass is 10.0. The molecular formula is C14H15F3N2O3. The van der Waals surface area contributed by atoms with Gasteiger partial charge in [-0.05, 0) is 6.07 Å². The van der Waals surface area contributed by atoms with E-state index in [0.717, 1.165) is 0 Å². The Morgan fingerprint density at radius 3 is 2.68 bits per heavy atom. The van der Waals surface area contributed by atoms with Crippen LogP contribution in [0.2, 0.25) is 0 Å². The summed E-state index contributed by atoms with van der Waals surface area (Å²) in [5.74, 6) is -2.28. The molecule has 120 valence electrons. The maximum atomic E-state index is 12.5. The van der Waals surface area contributed by atoms with Crippen LogP contribution in [0.1, 0.15) is 11.7 Å². The number of nitrogens with one attached hydrogen (secondary N) is 1. The summed E-state index contributed by atoms with van der Waals surface area (Å²) in [4.78, 5) is 14.1. The summed E-state index contributed by atoms with van der Waals surface area (Å²) >= 11 is 0. The zero-order valence-corrected chi connectivity index (χ0v) is 11.7. The molecule has 5 nitrogen and oxygen atoms in total. The van der Waals surface area contributed by atoms with Crippen molar-refractivity contribution in [2.24, 2.45) is 5.73 Å². The van der Waals surface area contributed by atoms with Crippen LogP contribution in [-0.4, -0.2) is 36.9 Å². The number of carbonyl (C=O) groups excluding carboxylic acids is 1. The average molecular weight is 316 g/mol. The van der Waals surface area contributed by atoms with Gasteiger partial charge < -0.3 is 20.2 Å². The van der Waals surface area contributed by atoms with Gasteiger partial charge in [0.2, 0.25) is 0 Å². The molecule has 1 aromatic heterocycles. The number of aromatic nitrogens is 1. The van der Waals surface area contributed by atoms with Crippen LogP contribution in [0.15, 0.2) is 30.5 Å². The third-order valence-corrected chi connectivity index (χ3v) is 3.14. The molecule has 8 heteroatoms. The third kappa shape index (κ3) is 3.40. The average Bonchev–Trinajstić information content (AvgIpc) is 2.87. The van der Waals surface area contributed by atoms with Crippen LogP contribution < -0.4 is 5.73 Å². The van der Waals surface area contributed by atoms with Crippen molar-refractivity contribution in [1.82, 2.24) is 4.98 Å². The first-order valence-corrected chi connectivity index (χ1v) is 6.43. The van der Waals surface area contributed by atoms with Gasteiger partial charge in [0, 0.05) is 29.8 Å². The molecule has 0 amide bonds. The Bertz CT molecular complexity index is 654. The minimum Gasteiger partial charge on any atom is -0.449 e. The predicted molar refractivity (Wildman–Crippen MR) is 73.0 cm³/mol. The van der Waals surface area contributed by atoms with Gasteiger partial charge in [-0.15, -0.1) is 0 Å². The fraction of sp³-hybridized carbons (Fsp3) is 0.357. The molecule has 0 aliphatic rings. The summed E-state index contributed by atoms with van der Waals surface area (Å²) < 4.78 is 46.8. The summed E-state index contributed by atoms with van der Waals surface area (Å²) in [7, 11) is 1.36. The number of ether oxygens (including phenoxy) is 2. The van der Waals surface area contributed by atoms with E-state index < -0.39 is 24.3 Å². The van der Waals surface area contributed by atoms with Gasteiger partial charge in [0.25, 0.3) is 0 Å². The molecule has 0 spiro atoms. The summed E-state index contributed by atoms with van der Waals surface area (Å²) in [6.07, 6.45) is -4.88. The van der Waals surface area contributed by atoms with E-state index in [-0.39, 0.29) is 6.61 Å². The van der Waals surface area contributed by atoms with Gasteiger partial charge in [-0.25, -0.2) is 4.79 Å². The minimum atomic E-state index is -5.09. The number of benzene rings is 1. The first kappa shape index (κ1) is 16.3. The van der Waals surface area contributed by atoms with E-state index in [2.05, 4.69) is 9.72 Å². The van der Waals surface area contributed by atoms with E-state index in [1.165, 1.54) is 13.3 Å². The van der Waals surface area contributed by atoms with Crippen molar-refractivity contribution in [3.8, 4) is 0 Å². The minimum absolute atomic E-state index is 0.0602. The van der Waals surface area contributed by atoms with Crippen molar-refractivity contribution in [2.45, 2.75) is 18.3 Å². The van der Waals surface area contributed by atoms with Crippen molar-refractivity contribution in [3.05, 3.63) is 36.0 Å². The fourth-order valence-electron chi connectivity index (χ4n) is 2.17. The Hall–Kier alpha value is -2.06. The number of fused-ring (bicyclic) bond motifs is 1. The van der Waals surface area contributed by atoms with Crippen LogP contribution in [-0.2, 0) is 14.3 Å². The van der Waals surface area contributed by atoms with Gasteiger partial charge in [-0.1, -0.05) is 18.2 Å². The second kappa shape index (κ2) is 6.37. The monoisotopic (exact) mass is 316 g/mol. The summed E-state index contributed by atoms with van der Waals surface area (Å²) in [5, 5.41) is 0.633. The molecule has 2 rings (SSSR count). The van der Waals surface area contributed by atoms with Crippen LogP contribution in [0.4, 0.5) is 13.2 Å². The van der Waals surface area contributed by atoms with Crippen molar-refractivity contribution in [1.29, 1.82) is 0 Å². The molecule has 2 aromatic rings. The highest BCUT2D eigenvalue weighted by atomic mass is 19.4. The number of hydrogen-bond donors (Lipinski definition) is 2. The molecule has 1 heterocycles. The van der Waals surface area contributed by atoms with Gasteiger partial charge in [0.05, 0.1) is 12.6 Å². The fourth-order valence-corrected chi connectivity index (χ4v) is 2.17. The number of para-hydroxylation sites is 1. The highest BCUT2D eigenvalue weighted by Crippen LogP contribution is 2.31. The number of H-pyrrole nitrogens is 1. The zero-order valence-electron chi connectivity index (χ0n) is 11.7. The topological polar surface area (TPSA) is 77.3 Å². The van der Waals surface area contributed by atoms with Crippen LogP contribution >= 0.6 is 0 Å². The maximum Gasteiger partial charge on any atom is 0.490 e. The number of carbonyl (C=O) groups is 1. The molecule has 0 saturated heterocycles. The van der Waals surface area contributed by atoms with Gasteiger partial charge >= 0.3 is 12.1 Å². The molecule has 0 aliphatic carbocycles. The molecule has 0 fully saturated rings. The van der Waals surface area contributed by atoms with Gasteiger partial charge in [0.1, 0.15) is 6.10 Å². The molecule has 3 N–H and O–H groups in total. The van der Waals surface area contributed by atoms with Gasteiger partial charge in [0.15, 0.2) is 0 Å². The molecule has 22 heavy (non-hydrogen) atoms. The van der Waals surface area contributed by atoms with Gasteiger partial charge in [-0.2, -0.15) is 13.2 Å². The lowest BCUT2D eigenvalue weighted by Crippen LogP contribution is -2.38. The largest absolute Gasteiger partial charge is 0.490 e. The SMILES string of the molecule is COC[C@@H](N)C(OC(=O)C(F)(F)F)c1c[nH]c2ccccc12. The Morgan fingerprint density at radius 2 is 2.05 bits per heavy atom. The lowest BCUT2D eigenvalue weighted by molar-refractivity contribution is -0.206. The van der Waals surface area contributed by atoms with Crippen molar-refractivity contribution in [2.75, 3.05) is 13.7 Å². The Kier molecular flexibility index (Phi) is 4.72. The quantitative estimate of drug-likeness (QED) is 0.830. The van der Waals surface area contributed by atoms with E-state index in [1.807, 2.05) is 0 Å². The predicted octanol–water partition coefficient (Wildman–Crippen LogP) is 2.29. The third-order valence-electron chi connectivity index (χ3n) is 3.14. The second-order valence-corrected chi connectivity index (χ2v) is 4.73. The first-order valence-electron chi connectivity index (χ1n) is 6.43. The number of aromatic amines is 1. The lowest BCUT2D eigenvalue weighted by Gasteiger charge is -2.24. The molecule has 0 bridgehead atoms. The molecular weight excluding hydrogens is 301 g/mol. The molecule has 0 saturated carbocycles. The van der Waals surface area contributed by atoms with Crippen molar-refractivity contribution >= 4 is 16.9 Å².